The SMILES string of the molecule is Cc1cnc(NC(=O)CCC2CC(F)(F)[C@@]3(C)CC[C@@H]4c5ccc(B(O)O)cc5CCC4[C@H]23)s1. The van der Waals surface area contributed by atoms with Crippen molar-refractivity contribution in [2.24, 2.45) is 23.2 Å². The normalized spacial score (nSPS) is 31.4. The van der Waals surface area contributed by atoms with Crippen molar-refractivity contribution < 1.29 is 23.6 Å². The fourth-order valence-corrected chi connectivity index (χ4v) is 7.87. The predicted octanol–water partition coefficient (Wildman–Crippen LogP) is 4.27. The monoisotopic (exact) mass is 488 g/mol. The number of carbonyl (C=O) groups excluding carboxylic acids is 1. The lowest BCUT2D eigenvalue weighted by molar-refractivity contribution is -0.133. The largest absolute Gasteiger partial charge is 0.488 e. The molecular weight excluding hydrogens is 457 g/mol. The van der Waals surface area contributed by atoms with Crippen molar-refractivity contribution in [3.05, 3.63) is 40.4 Å². The first-order valence-electron chi connectivity index (χ1n) is 12.2. The number of aryl methyl sites for hydroxylation is 2. The Bertz CT molecular complexity index is 1090. The fraction of sp³-hybridized carbons (Fsp3) is 0.600. The summed E-state index contributed by atoms with van der Waals surface area (Å²) in [5, 5.41) is 22.4. The molecule has 0 bridgehead atoms. The van der Waals surface area contributed by atoms with Gasteiger partial charge in [0, 0.05) is 29.3 Å². The molecule has 2 aromatic rings. The number of nitrogens with one attached hydrogen (secondary N) is 1. The molecule has 1 aromatic heterocycles. The second kappa shape index (κ2) is 8.68. The molecule has 3 aliphatic rings. The lowest BCUT2D eigenvalue weighted by atomic mass is 9.53. The number of nitrogens with zero attached hydrogens (tertiary/aromatic N) is 1. The highest BCUT2D eigenvalue weighted by Gasteiger charge is 2.67. The van der Waals surface area contributed by atoms with E-state index in [2.05, 4.69) is 10.3 Å². The Morgan fingerprint density at radius 2 is 2.12 bits per heavy atom. The number of carbonyl (C=O) groups is 1. The fourth-order valence-electron chi connectivity index (χ4n) is 7.19. The highest BCUT2D eigenvalue weighted by Crippen LogP contribution is 2.68. The summed E-state index contributed by atoms with van der Waals surface area (Å²) < 4.78 is 30.8. The maximum Gasteiger partial charge on any atom is 0.488 e. The van der Waals surface area contributed by atoms with Gasteiger partial charge in [-0.25, -0.2) is 13.8 Å². The molecule has 2 fully saturated rings. The molecule has 1 amide bonds. The van der Waals surface area contributed by atoms with Gasteiger partial charge in [0.25, 0.3) is 5.92 Å². The van der Waals surface area contributed by atoms with Crippen molar-refractivity contribution in [3.63, 3.8) is 0 Å². The van der Waals surface area contributed by atoms with E-state index in [9.17, 15) is 14.8 Å². The summed E-state index contributed by atoms with van der Waals surface area (Å²) in [5.74, 6) is -2.87. The van der Waals surface area contributed by atoms with E-state index in [0.717, 1.165) is 29.7 Å². The van der Waals surface area contributed by atoms with E-state index in [1.807, 2.05) is 19.1 Å². The van der Waals surface area contributed by atoms with Crippen LogP contribution in [0.25, 0.3) is 0 Å². The first-order valence-corrected chi connectivity index (χ1v) is 13.0. The molecule has 0 spiro atoms. The van der Waals surface area contributed by atoms with Gasteiger partial charge in [0.1, 0.15) is 0 Å². The summed E-state index contributed by atoms with van der Waals surface area (Å²) in [4.78, 5) is 17.7. The van der Waals surface area contributed by atoms with Crippen LogP contribution in [0.2, 0.25) is 0 Å². The van der Waals surface area contributed by atoms with Crippen LogP contribution in [-0.2, 0) is 11.2 Å². The van der Waals surface area contributed by atoms with Gasteiger partial charge in [-0.2, -0.15) is 0 Å². The number of aromatic nitrogens is 1. The number of rotatable bonds is 5. The van der Waals surface area contributed by atoms with Crippen LogP contribution < -0.4 is 10.8 Å². The summed E-state index contributed by atoms with van der Waals surface area (Å²) in [5.41, 5.74) is 1.72. The minimum absolute atomic E-state index is 0.132. The average Bonchev–Trinajstić information content (AvgIpc) is 3.28. The van der Waals surface area contributed by atoms with Crippen molar-refractivity contribution >= 4 is 35.0 Å². The molecule has 0 saturated heterocycles. The number of alkyl halides is 2. The third-order valence-electron chi connectivity index (χ3n) is 8.77. The summed E-state index contributed by atoms with van der Waals surface area (Å²) in [6, 6.07) is 5.57. The van der Waals surface area contributed by atoms with Gasteiger partial charge in [-0.3, -0.25) is 4.79 Å². The zero-order valence-electron chi connectivity index (χ0n) is 19.6. The molecule has 5 rings (SSSR count). The van der Waals surface area contributed by atoms with Gasteiger partial charge in [-0.05, 0) is 79.3 Å². The number of benzene rings is 1. The van der Waals surface area contributed by atoms with Crippen LogP contribution in [0.3, 0.4) is 0 Å². The Morgan fingerprint density at radius 3 is 2.82 bits per heavy atom. The topological polar surface area (TPSA) is 82.5 Å². The molecule has 3 N–H and O–H groups in total. The Kier molecular flexibility index (Phi) is 6.10. The van der Waals surface area contributed by atoms with E-state index >= 15 is 8.78 Å². The highest BCUT2D eigenvalue weighted by molar-refractivity contribution is 7.15. The van der Waals surface area contributed by atoms with Crippen LogP contribution in [0.15, 0.2) is 24.4 Å². The predicted molar refractivity (Wildman–Crippen MR) is 129 cm³/mol. The second-order valence-corrected chi connectivity index (χ2v) is 11.9. The third-order valence-corrected chi connectivity index (χ3v) is 9.60. The molecule has 0 radical (unpaired) electrons. The summed E-state index contributed by atoms with van der Waals surface area (Å²) in [6.07, 6.45) is 5.00. The maximum absolute atomic E-state index is 15.4. The molecule has 2 saturated carbocycles. The van der Waals surface area contributed by atoms with Crippen molar-refractivity contribution in [1.29, 1.82) is 0 Å². The molecule has 3 aliphatic carbocycles. The maximum atomic E-state index is 15.4. The van der Waals surface area contributed by atoms with Crippen molar-refractivity contribution in [3.8, 4) is 0 Å². The Balaban J connectivity index is 1.36. The summed E-state index contributed by atoms with van der Waals surface area (Å²) in [6.45, 7) is 3.69. The Hall–Kier alpha value is -1.84. The van der Waals surface area contributed by atoms with Crippen LogP contribution in [0.5, 0.6) is 0 Å². The zero-order chi connectivity index (χ0) is 24.3. The lowest BCUT2D eigenvalue weighted by Gasteiger charge is -2.51. The zero-order valence-corrected chi connectivity index (χ0v) is 20.4. The van der Waals surface area contributed by atoms with Crippen molar-refractivity contribution in [1.82, 2.24) is 4.98 Å². The van der Waals surface area contributed by atoms with E-state index < -0.39 is 18.5 Å². The number of thiazole rings is 1. The minimum Gasteiger partial charge on any atom is -0.423 e. The standard InChI is InChI=1S/C25H31BF2N2O3S/c1-14-13-29-23(34-14)30-21(31)8-4-16-12-25(27,28)24(2)10-9-19-18-7-5-17(26(32)33)11-15(18)3-6-20(19)22(16)24/h5,7,11,13,16,19-20,22,32-33H,3-4,6,8-10,12H2,1-2H3,(H,29,30,31)/t16?,19-,20?,22+,24+/m1/s1. The van der Waals surface area contributed by atoms with Crippen molar-refractivity contribution in [2.45, 2.75) is 70.6 Å². The molecule has 1 heterocycles. The molecule has 1 aromatic carbocycles. The van der Waals surface area contributed by atoms with Crippen LogP contribution in [0.4, 0.5) is 13.9 Å². The lowest BCUT2D eigenvalue weighted by Crippen LogP contribution is -2.48. The number of halogens is 2. The number of anilines is 1. The molecule has 5 nitrogen and oxygen atoms in total. The van der Waals surface area contributed by atoms with E-state index in [-0.39, 0.29) is 42.4 Å². The van der Waals surface area contributed by atoms with Gasteiger partial charge in [0.2, 0.25) is 5.91 Å². The van der Waals surface area contributed by atoms with Gasteiger partial charge in [-0.1, -0.05) is 25.1 Å². The molecule has 9 heteroatoms. The summed E-state index contributed by atoms with van der Waals surface area (Å²) in [7, 11) is -1.50. The number of hydrogen-bond donors (Lipinski definition) is 3. The molecule has 34 heavy (non-hydrogen) atoms. The van der Waals surface area contributed by atoms with Crippen LogP contribution in [0, 0.1) is 30.1 Å². The van der Waals surface area contributed by atoms with Gasteiger partial charge in [-0.15, -0.1) is 11.3 Å². The van der Waals surface area contributed by atoms with Crippen LogP contribution >= 0.6 is 11.3 Å². The van der Waals surface area contributed by atoms with Crippen molar-refractivity contribution in [2.75, 3.05) is 5.32 Å². The van der Waals surface area contributed by atoms with E-state index in [1.54, 1.807) is 19.2 Å². The number of hydrogen-bond acceptors (Lipinski definition) is 5. The quantitative estimate of drug-likeness (QED) is 0.550. The summed E-state index contributed by atoms with van der Waals surface area (Å²) >= 11 is 1.41. The molecule has 0 aliphatic heterocycles. The Morgan fingerprint density at radius 1 is 1.32 bits per heavy atom. The van der Waals surface area contributed by atoms with E-state index in [0.29, 0.717) is 23.4 Å². The van der Waals surface area contributed by atoms with Gasteiger partial charge >= 0.3 is 7.12 Å². The molecular formula is C25H31BF2N2O3S. The number of amides is 1. The van der Waals surface area contributed by atoms with Gasteiger partial charge < -0.3 is 15.4 Å². The van der Waals surface area contributed by atoms with E-state index in [1.165, 1.54) is 16.9 Å². The van der Waals surface area contributed by atoms with E-state index in [4.69, 9.17) is 0 Å². The van der Waals surface area contributed by atoms with Crippen LogP contribution in [0.1, 0.15) is 67.4 Å². The smallest absolute Gasteiger partial charge is 0.423 e. The second-order valence-electron chi connectivity index (χ2n) is 10.7. The Labute approximate surface area is 203 Å². The molecule has 2 unspecified atom stereocenters. The van der Waals surface area contributed by atoms with Crippen LogP contribution in [-0.4, -0.2) is 34.0 Å². The average molecular weight is 488 g/mol. The highest BCUT2D eigenvalue weighted by atomic mass is 32.1. The van der Waals surface area contributed by atoms with Gasteiger partial charge in [0.05, 0.1) is 0 Å². The third kappa shape index (κ3) is 3.99. The van der Waals surface area contributed by atoms with Gasteiger partial charge in [0.15, 0.2) is 5.13 Å². The number of fused-ring (bicyclic) bond motifs is 5. The minimum atomic E-state index is -2.73. The molecule has 5 atom stereocenters. The molecule has 182 valence electrons. The first-order chi connectivity index (χ1) is 16.1. The first kappa shape index (κ1) is 23.9.